The monoisotopic (exact) mass is 380 g/mol. The first-order chi connectivity index (χ1) is 11.8. The molecule has 0 radical (unpaired) electrons. The predicted octanol–water partition coefficient (Wildman–Crippen LogP) is 4.41. The van der Waals surface area contributed by atoms with Gasteiger partial charge in [-0.15, -0.1) is 5.10 Å². The Morgan fingerprint density at radius 1 is 0.917 bits per heavy atom. The van der Waals surface area contributed by atoms with Gasteiger partial charge in [-0.1, -0.05) is 68.8 Å². The molecule has 0 bridgehead atoms. The maximum atomic E-state index is 5.41. The molecule has 0 saturated carbocycles. The highest BCUT2D eigenvalue weighted by atomic mass is 79.9. The van der Waals surface area contributed by atoms with E-state index < -0.39 is 0 Å². The topological polar surface area (TPSA) is 56.7 Å². The number of aromatic nitrogens is 4. The van der Waals surface area contributed by atoms with Crippen molar-refractivity contribution in [2.45, 2.75) is 6.54 Å². The molecule has 0 unspecified atom stereocenters. The molecule has 0 saturated heterocycles. The van der Waals surface area contributed by atoms with Crippen LogP contribution in [-0.2, 0) is 6.54 Å². The lowest BCUT2D eigenvalue weighted by Crippen LogP contribution is -1.98. The minimum Gasteiger partial charge on any atom is -0.359 e. The van der Waals surface area contributed by atoms with E-state index >= 15 is 0 Å². The van der Waals surface area contributed by atoms with Gasteiger partial charge in [0.25, 0.3) is 0 Å². The Balaban J connectivity index is 1.52. The van der Waals surface area contributed by atoms with E-state index in [1.807, 2.05) is 66.9 Å². The van der Waals surface area contributed by atoms with Crippen molar-refractivity contribution in [3.05, 3.63) is 77.1 Å². The molecule has 5 nitrogen and oxygen atoms in total. The zero-order valence-corrected chi connectivity index (χ0v) is 14.2. The Kier molecular flexibility index (Phi) is 3.96. The van der Waals surface area contributed by atoms with Crippen molar-refractivity contribution >= 4 is 15.9 Å². The van der Waals surface area contributed by atoms with E-state index in [1.54, 1.807) is 4.68 Å². The van der Waals surface area contributed by atoms with Gasteiger partial charge in [-0.05, 0) is 12.1 Å². The summed E-state index contributed by atoms with van der Waals surface area (Å²) in [5, 5.41) is 12.5. The fourth-order valence-electron chi connectivity index (χ4n) is 2.42. The van der Waals surface area contributed by atoms with Crippen LogP contribution in [-0.4, -0.2) is 20.2 Å². The maximum absolute atomic E-state index is 5.41. The fraction of sp³-hybridized carbons (Fsp3) is 0.0556. The number of nitrogens with zero attached hydrogens (tertiary/aromatic N) is 4. The first-order valence-corrected chi connectivity index (χ1v) is 8.24. The number of benzene rings is 2. The van der Waals surface area contributed by atoms with Crippen molar-refractivity contribution in [1.82, 2.24) is 20.2 Å². The van der Waals surface area contributed by atoms with E-state index in [9.17, 15) is 0 Å². The summed E-state index contributed by atoms with van der Waals surface area (Å²) < 4.78 is 8.19. The van der Waals surface area contributed by atoms with Crippen molar-refractivity contribution in [1.29, 1.82) is 0 Å². The van der Waals surface area contributed by atoms with Crippen LogP contribution in [0.25, 0.3) is 22.5 Å². The summed E-state index contributed by atoms with van der Waals surface area (Å²) in [7, 11) is 0. The Hall–Kier alpha value is -2.73. The van der Waals surface area contributed by atoms with E-state index in [0.717, 1.165) is 32.7 Å². The number of halogens is 1. The van der Waals surface area contributed by atoms with Crippen molar-refractivity contribution < 1.29 is 4.52 Å². The normalized spacial score (nSPS) is 10.9. The first-order valence-electron chi connectivity index (χ1n) is 7.45. The second-order valence-electron chi connectivity index (χ2n) is 5.35. The lowest BCUT2D eigenvalue weighted by molar-refractivity contribution is 0.372. The van der Waals surface area contributed by atoms with Crippen molar-refractivity contribution in [3.63, 3.8) is 0 Å². The third-order valence-electron chi connectivity index (χ3n) is 3.62. The van der Waals surface area contributed by atoms with Crippen LogP contribution in [0.5, 0.6) is 0 Å². The Bertz CT molecular complexity index is 945. The Labute approximate surface area is 147 Å². The third kappa shape index (κ3) is 3.14. The highest BCUT2D eigenvalue weighted by Gasteiger charge is 2.09. The lowest BCUT2D eigenvalue weighted by Gasteiger charge is -1.96. The molecule has 0 N–H and O–H groups in total. The second-order valence-corrected chi connectivity index (χ2v) is 6.27. The van der Waals surface area contributed by atoms with E-state index in [2.05, 4.69) is 31.4 Å². The number of rotatable bonds is 4. The van der Waals surface area contributed by atoms with Gasteiger partial charge in [-0.2, -0.15) is 0 Å². The molecule has 6 heteroatoms. The SMILES string of the molecule is Brc1ccc(-c2cn(Cc3cc(-c4ccccc4)no3)nn2)cc1. The summed E-state index contributed by atoms with van der Waals surface area (Å²) in [4.78, 5) is 0. The minimum absolute atomic E-state index is 0.489. The summed E-state index contributed by atoms with van der Waals surface area (Å²) in [5.41, 5.74) is 3.69. The molecular formula is C18H13BrN4O. The zero-order valence-electron chi connectivity index (χ0n) is 12.6. The largest absolute Gasteiger partial charge is 0.359 e. The van der Waals surface area contributed by atoms with Gasteiger partial charge in [0.05, 0.1) is 6.20 Å². The van der Waals surface area contributed by atoms with E-state index in [-0.39, 0.29) is 0 Å². The average Bonchev–Trinajstić information content (AvgIpc) is 3.27. The molecule has 0 amide bonds. The molecule has 118 valence electrons. The molecule has 2 aromatic heterocycles. The van der Waals surface area contributed by atoms with Crippen molar-refractivity contribution in [2.75, 3.05) is 0 Å². The van der Waals surface area contributed by atoms with E-state index in [1.165, 1.54) is 0 Å². The third-order valence-corrected chi connectivity index (χ3v) is 4.15. The molecule has 0 fully saturated rings. The van der Waals surface area contributed by atoms with Crippen LogP contribution in [0.2, 0.25) is 0 Å². The van der Waals surface area contributed by atoms with Crippen LogP contribution in [0.4, 0.5) is 0 Å². The summed E-state index contributed by atoms with van der Waals surface area (Å²) in [6.07, 6.45) is 1.90. The van der Waals surface area contributed by atoms with Crippen LogP contribution >= 0.6 is 15.9 Å². The highest BCUT2D eigenvalue weighted by Crippen LogP contribution is 2.21. The fourth-order valence-corrected chi connectivity index (χ4v) is 2.69. The average molecular weight is 381 g/mol. The molecule has 0 spiro atoms. The quantitative estimate of drug-likeness (QED) is 0.526. The number of hydrogen-bond acceptors (Lipinski definition) is 4. The molecule has 2 heterocycles. The van der Waals surface area contributed by atoms with Gasteiger partial charge >= 0.3 is 0 Å². The molecule has 0 atom stereocenters. The highest BCUT2D eigenvalue weighted by molar-refractivity contribution is 9.10. The van der Waals surface area contributed by atoms with Gasteiger partial charge in [-0.3, -0.25) is 0 Å². The molecule has 0 aliphatic carbocycles. The lowest BCUT2D eigenvalue weighted by atomic mass is 10.1. The Morgan fingerprint density at radius 3 is 2.46 bits per heavy atom. The van der Waals surface area contributed by atoms with Gasteiger partial charge in [-0.25, -0.2) is 4.68 Å². The smallest absolute Gasteiger partial charge is 0.158 e. The molecule has 4 aromatic rings. The summed E-state index contributed by atoms with van der Waals surface area (Å²) in [6, 6.07) is 19.8. The van der Waals surface area contributed by atoms with Crippen LogP contribution in [0, 0.1) is 0 Å². The molecule has 2 aromatic carbocycles. The first kappa shape index (κ1) is 14.8. The van der Waals surface area contributed by atoms with Gasteiger partial charge in [0, 0.05) is 21.7 Å². The van der Waals surface area contributed by atoms with E-state index in [0.29, 0.717) is 6.54 Å². The zero-order chi connectivity index (χ0) is 16.4. The molecule has 0 aliphatic rings. The van der Waals surface area contributed by atoms with Gasteiger partial charge < -0.3 is 4.52 Å². The van der Waals surface area contributed by atoms with Gasteiger partial charge in [0.1, 0.15) is 17.9 Å². The number of hydrogen-bond donors (Lipinski definition) is 0. The van der Waals surface area contributed by atoms with E-state index in [4.69, 9.17) is 4.52 Å². The van der Waals surface area contributed by atoms with Gasteiger partial charge in [0.15, 0.2) is 5.76 Å². The molecule has 24 heavy (non-hydrogen) atoms. The van der Waals surface area contributed by atoms with Crippen LogP contribution < -0.4 is 0 Å². The van der Waals surface area contributed by atoms with Crippen LogP contribution in [0.15, 0.2) is 75.9 Å². The van der Waals surface area contributed by atoms with Crippen molar-refractivity contribution in [2.24, 2.45) is 0 Å². The summed E-state index contributed by atoms with van der Waals surface area (Å²) >= 11 is 3.43. The van der Waals surface area contributed by atoms with Crippen LogP contribution in [0.1, 0.15) is 5.76 Å². The summed E-state index contributed by atoms with van der Waals surface area (Å²) in [6.45, 7) is 0.489. The standard InChI is InChI=1S/C18H13BrN4O/c19-15-8-6-14(7-9-15)18-12-23(22-20-18)11-16-10-17(21-24-16)13-4-2-1-3-5-13/h1-10,12H,11H2. The maximum Gasteiger partial charge on any atom is 0.158 e. The summed E-state index contributed by atoms with van der Waals surface area (Å²) in [5.74, 6) is 0.737. The molecule has 4 rings (SSSR count). The molecular weight excluding hydrogens is 368 g/mol. The van der Waals surface area contributed by atoms with Crippen LogP contribution in [0.3, 0.4) is 0 Å². The Morgan fingerprint density at radius 2 is 1.67 bits per heavy atom. The molecule has 0 aliphatic heterocycles. The second kappa shape index (κ2) is 6.41. The minimum atomic E-state index is 0.489. The van der Waals surface area contributed by atoms with Gasteiger partial charge in [0.2, 0.25) is 0 Å². The predicted molar refractivity (Wildman–Crippen MR) is 94.2 cm³/mol. The van der Waals surface area contributed by atoms with Crippen molar-refractivity contribution in [3.8, 4) is 22.5 Å².